The van der Waals surface area contributed by atoms with Crippen LogP contribution in [-0.4, -0.2) is 23.8 Å². The molecule has 0 aliphatic carbocycles. The van der Waals surface area contributed by atoms with Crippen LogP contribution in [0.15, 0.2) is 77.4 Å². The van der Waals surface area contributed by atoms with E-state index in [1.165, 1.54) is 25.3 Å². The summed E-state index contributed by atoms with van der Waals surface area (Å²) in [5.41, 5.74) is 0.866. The zero-order valence-electron chi connectivity index (χ0n) is 14.5. The minimum atomic E-state index is -0.964. The first-order valence-corrected chi connectivity index (χ1v) is 8.30. The molecule has 1 amide bonds. The second-order valence-corrected chi connectivity index (χ2v) is 5.75. The van der Waals surface area contributed by atoms with Crippen LogP contribution in [0.4, 0.5) is 5.69 Å². The van der Waals surface area contributed by atoms with Gasteiger partial charge in [0.1, 0.15) is 0 Å². The molecule has 0 bridgehead atoms. The summed E-state index contributed by atoms with van der Waals surface area (Å²) < 4.78 is 10.3. The Labute approximate surface area is 155 Å². The zero-order valence-corrected chi connectivity index (χ0v) is 14.5. The Bertz CT molecular complexity index is 948. The highest BCUT2D eigenvalue weighted by atomic mass is 16.5. The minimum absolute atomic E-state index is 0.116. The lowest BCUT2D eigenvalue weighted by molar-refractivity contribution is 0.0320. The number of nitrogens with one attached hydrogen (secondary N) is 1. The average molecular weight is 363 g/mol. The lowest BCUT2D eigenvalue weighted by atomic mass is 10.1. The molecule has 0 unspecified atom stereocenters. The summed E-state index contributed by atoms with van der Waals surface area (Å²) >= 11 is 0. The number of benzene rings is 2. The number of furan rings is 1. The third-order valence-electron chi connectivity index (χ3n) is 3.85. The number of amides is 1. The summed E-state index contributed by atoms with van der Waals surface area (Å²) in [6.45, 7) is 1.51. The number of para-hydroxylation sites is 1. The average Bonchev–Trinajstić information content (AvgIpc) is 3.23. The van der Waals surface area contributed by atoms with Gasteiger partial charge in [0.05, 0.1) is 17.5 Å². The van der Waals surface area contributed by atoms with Crippen molar-refractivity contribution in [3.8, 4) is 0 Å². The third-order valence-corrected chi connectivity index (χ3v) is 3.85. The molecule has 2 aromatic carbocycles. The van der Waals surface area contributed by atoms with Crippen LogP contribution in [0.3, 0.4) is 0 Å². The van der Waals surface area contributed by atoms with E-state index < -0.39 is 18.0 Å². The quantitative estimate of drug-likeness (QED) is 0.529. The number of rotatable bonds is 6. The second kappa shape index (κ2) is 8.14. The molecular formula is C21H17NO5. The largest absolute Gasteiger partial charge is 0.459 e. The minimum Gasteiger partial charge on any atom is -0.459 e. The molecule has 0 aliphatic heterocycles. The third kappa shape index (κ3) is 4.30. The van der Waals surface area contributed by atoms with E-state index in [1.807, 2.05) is 0 Å². The van der Waals surface area contributed by atoms with Crippen LogP contribution in [-0.2, 0) is 4.74 Å². The molecule has 1 N–H and O–H groups in total. The Morgan fingerprint density at radius 1 is 0.926 bits per heavy atom. The molecule has 0 spiro atoms. The Hall–Kier alpha value is -3.67. The van der Waals surface area contributed by atoms with Gasteiger partial charge in [0.2, 0.25) is 5.78 Å². The number of anilines is 1. The molecule has 1 aromatic heterocycles. The highest BCUT2D eigenvalue weighted by Gasteiger charge is 2.22. The van der Waals surface area contributed by atoms with Crippen molar-refractivity contribution in [1.82, 2.24) is 0 Å². The van der Waals surface area contributed by atoms with E-state index in [-0.39, 0.29) is 22.8 Å². The van der Waals surface area contributed by atoms with Gasteiger partial charge >= 0.3 is 5.97 Å². The van der Waals surface area contributed by atoms with Gasteiger partial charge in [-0.3, -0.25) is 9.59 Å². The molecule has 136 valence electrons. The van der Waals surface area contributed by atoms with Crippen LogP contribution in [0.1, 0.15) is 38.2 Å². The number of hydrogen-bond donors (Lipinski definition) is 1. The molecule has 0 saturated carbocycles. The first-order chi connectivity index (χ1) is 13.1. The van der Waals surface area contributed by atoms with Crippen LogP contribution < -0.4 is 5.32 Å². The van der Waals surface area contributed by atoms with Crippen molar-refractivity contribution < 1.29 is 23.5 Å². The highest BCUT2D eigenvalue weighted by Crippen LogP contribution is 2.19. The van der Waals surface area contributed by atoms with Crippen molar-refractivity contribution in [3.63, 3.8) is 0 Å². The molecular weight excluding hydrogens is 346 g/mol. The molecule has 0 aliphatic rings. The number of Topliss-reactive ketones (excluding diaryl/α,β-unsaturated/α-hetero) is 1. The smallest absolute Gasteiger partial charge is 0.340 e. The standard InChI is InChI=1S/C21H17NO5/c1-14(19(23)15-8-3-2-4-9-15)27-21(25)16-10-5-6-11-17(16)22-20(24)18-12-7-13-26-18/h2-14H,1H3,(H,22,24)/t14-/m0/s1. The number of esters is 1. The van der Waals surface area contributed by atoms with Gasteiger partial charge in [-0.25, -0.2) is 4.79 Å². The van der Waals surface area contributed by atoms with E-state index in [1.54, 1.807) is 54.6 Å². The van der Waals surface area contributed by atoms with Gasteiger partial charge in [0.15, 0.2) is 11.9 Å². The Balaban J connectivity index is 1.73. The fourth-order valence-corrected chi connectivity index (χ4v) is 2.48. The first-order valence-electron chi connectivity index (χ1n) is 8.30. The monoisotopic (exact) mass is 363 g/mol. The fraction of sp³-hybridized carbons (Fsp3) is 0.0952. The van der Waals surface area contributed by atoms with Gasteiger partial charge < -0.3 is 14.5 Å². The summed E-state index contributed by atoms with van der Waals surface area (Å²) in [6, 6.07) is 18.1. The van der Waals surface area contributed by atoms with Crippen LogP contribution in [0.25, 0.3) is 0 Å². The fourth-order valence-electron chi connectivity index (χ4n) is 2.48. The van der Waals surface area contributed by atoms with E-state index in [0.29, 0.717) is 5.56 Å². The van der Waals surface area contributed by atoms with Crippen molar-refractivity contribution in [2.75, 3.05) is 5.32 Å². The molecule has 0 saturated heterocycles. The Morgan fingerprint density at radius 3 is 2.33 bits per heavy atom. The SMILES string of the molecule is C[C@H](OC(=O)c1ccccc1NC(=O)c1ccco1)C(=O)c1ccccc1. The molecule has 27 heavy (non-hydrogen) atoms. The number of ether oxygens (including phenoxy) is 1. The lowest BCUT2D eigenvalue weighted by Crippen LogP contribution is -2.25. The van der Waals surface area contributed by atoms with Gasteiger partial charge in [-0.05, 0) is 31.2 Å². The number of hydrogen-bond acceptors (Lipinski definition) is 5. The van der Waals surface area contributed by atoms with E-state index in [0.717, 1.165) is 0 Å². The maximum Gasteiger partial charge on any atom is 0.340 e. The Kier molecular flexibility index (Phi) is 5.47. The van der Waals surface area contributed by atoms with Crippen LogP contribution in [0.5, 0.6) is 0 Å². The predicted octanol–water partition coefficient (Wildman–Crippen LogP) is 3.96. The van der Waals surface area contributed by atoms with Gasteiger partial charge in [-0.1, -0.05) is 42.5 Å². The summed E-state index contributed by atoms with van der Waals surface area (Å²) in [5, 5.41) is 2.61. The van der Waals surface area contributed by atoms with Crippen LogP contribution >= 0.6 is 0 Å². The summed E-state index contributed by atoms with van der Waals surface area (Å²) in [5.74, 6) is -1.39. The summed E-state index contributed by atoms with van der Waals surface area (Å²) in [7, 11) is 0. The highest BCUT2D eigenvalue weighted by molar-refractivity contribution is 6.07. The number of carbonyl (C=O) groups is 3. The molecule has 0 fully saturated rings. The molecule has 6 heteroatoms. The van der Waals surface area contributed by atoms with E-state index >= 15 is 0 Å². The lowest BCUT2D eigenvalue weighted by Gasteiger charge is -2.14. The molecule has 3 rings (SSSR count). The second-order valence-electron chi connectivity index (χ2n) is 5.75. The van der Waals surface area contributed by atoms with Crippen molar-refractivity contribution in [3.05, 3.63) is 89.9 Å². The first kappa shape index (κ1) is 18.1. The topological polar surface area (TPSA) is 85.6 Å². The van der Waals surface area contributed by atoms with Crippen molar-refractivity contribution in [2.45, 2.75) is 13.0 Å². The van der Waals surface area contributed by atoms with Crippen molar-refractivity contribution in [2.24, 2.45) is 0 Å². The summed E-state index contributed by atoms with van der Waals surface area (Å²) in [6.07, 6.45) is 0.417. The van der Waals surface area contributed by atoms with E-state index in [2.05, 4.69) is 5.32 Å². The van der Waals surface area contributed by atoms with Crippen LogP contribution in [0, 0.1) is 0 Å². The maximum absolute atomic E-state index is 12.5. The van der Waals surface area contributed by atoms with Gasteiger partial charge in [0.25, 0.3) is 5.91 Å². The predicted molar refractivity (Wildman–Crippen MR) is 98.8 cm³/mol. The number of carbonyl (C=O) groups excluding carboxylic acids is 3. The van der Waals surface area contributed by atoms with Gasteiger partial charge in [0, 0.05) is 5.56 Å². The van der Waals surface area contributed by atoms with Crippen molar-refractivity contribution in [1.29, 1.82) is 0 Å². The van der Waals surface area contributed by atoms with E-state index in [9.17, 15) is 14.4 Å². The molecule has 6 nitrogen and oxygen atoms in total. The summed E-state index contributed by atoms with van der Waals surface area (Å²) in [4.78, 5) is 37.1. The molecule has 0 radical (unpaired) electrons. The maximum atomic E-state index is 12.5. The van der Waals surface area contributed by atoms with Gasteiger partial charge in [-0.15, -0.1) is 0 Å². The van der Waals surface area contributed by atoms with Crippen molar-refractivity contribution >= 4 is 23.3 Å². The van der Waals surface area contributed by atoms with Gasteiger partial charge in [-0.2, -0.15) is 0 Å². The normalized spacial score (nSPS) is 11.4. The molecule has 1 heterocycles. The molecule has 1 atom stereocenters. The zero-order chi connectivity index (χ0) is 19.2. The van der Waals surface area contributed by atoms with Crippen LogP contribution in [0.2, 0.25) is 0 Å². The number of ketones is 1. The molecule has 3 aromatic rings. The van der Waals surface area contributed by atoms with E-state index in [4.69, 9.17) is 9.15 Å². The Morgan fingerprint density at radius 2 is 1.63 bits per heavy atom.